The van der Waals surface area contributed by atoms with E-state index in [4.69, 9.17) is 10.5 Å². The van der Waals surface area contributed by atoms with Crippen LogP contribution in [0.2, 0.25) is 0 Å². The molecule has 0 atom stereocenters. The predicted molar refractivity (Wildman–Crippen MR) is 72.7 cm³/mol. The van der Waals surface area contributed by atoms with Gasteiger partial charge in [0.05, 0.1) is 4.47 Å². The quantitative estimate of drug-likeness (QED) is 0.911. The predicted octanol–water partition coefficient (Wildman–Crippen LogP) is 3.90. The summed E-state index contributed by atoms with van der Waals surface area (Å²) >= 11 is 3.03. The van der Waals surface area contributed by atoms with Crippen molar-refractivity contribution < 1.29 is 17.9 Å². The van der Waals surface area contributed by atoms with Gasteiger partial charge in [-0.1, -0.05) is 6.07 Å². The minimum absolute atomic E-state index is 0.0407. The first kappa shape index (κ1) is 14.9. The molecular weight excluding hydrogens is 335 g/mol. The summed E-state index contributed by atoms with van der Waals surface area (Å²) in [6.07, 6.45) is 0. The second-order valence-corrected chi connectivity index (χ2v) is 4.98. The Morgan fingerprint density at radius 1 is 0.950 bits per heavy atom. The van der Waals surface area contributed by atoms with Gasteiger partial charge in [0.15, 0.2) is 17.4 Å². The molecule has 0 aliphatic heterocycles. The van der Waals surface area contributed by atoms with Gasteiger partial charge in [0.2, 0.25) is 0 Å². The van der Waals surface area contributed by atoms with Crippen LogP contribution in [-0.2, 0) is 13.2 Å². The summed E-state index contributed by atoms with van der Waals surface area (Å²) in [4.78, 5) is 0. The molecule has 0 aliphatic carbocycles. The van der Waals surface area contributed by atoms with E-state index in [1.54, 1.807) is 0 Å². The van der Waals surface area contributed by atoms with Crippen LogP contribution in [0.4, 0.5) is 13.2 Å². The summed E-state index contributed by atoms with van der Waals surface area (Å²) in [6.45, 7) is -0.0340. The van der Waals surface area contributed by atoms with Crippen molar-refractivity contribution >= 4 is 15.9 Å². The topological polar surface area (TPSA) is 35.2 Å². The number of nitrogens with two attached hydrogens (primary N) is 1. The van der Waals surface area contributed by atoms with Gasteiger partial charge < -0.3 is 10.5 Å². The molecular formula is C14H11BrF3NO. The van der Waals surface area contributed by atoms with Gasteiger partial charge >= 0.3 is 0 Å². The molecule has 0 radical (unpaired) electrons. The molecule has 0 unspecified atom stereocenters. The van der Waals surface area contributed by atoms with Gasteiger partial charge in [-0.05, 0) is 51.3 Å². The lowest BCUT2D eigenvalue weighted by Crippen LogP contribution is -2.03. The lowest BCUT2D eigenvalue weighted by Gasteiger charge is -2.10. The minimum Gasteiger partial charge on any atom is -0.483 e. The minimum atomic E-state index is -0.813. The van der Waals surface area contributed by atoms with Crippen molar-refractivity contribution in [3.63, 3.8) is 0 Å². The van der Waals surface area contributed by atoms with Crippen LogP contribution in [0.15, 0.2) is 34.8 Å². The van der Waals surface area contributed by atoms with E-state index in [0.29, 0.717) is 11.1 Å². The molecule has 0 saturated heterocycles. The number of rotatable bonds is 4. The molecule has 0 heterocycles. The highest BCUT2D eigenvalue weighted by atomic mass is 79.9. The summed E-state index contributed by atoms with van der Waals surface area (Å²) in [7, 11) is 0. The van der Waals surface area contributed by atoms with Gasteiger partial charge in [-0.25, -0.2) is 13.2 Å². The molecule has 0 spiro atoms. The largest absolute Gasteiger partial charge is 0.483 e. The van der Waals surface area contributed by atoms with E-state index in [1.807, 2.05) is 0 Å². The van der Waals surface area contributed by atoms with Crippen LogP contribution in [0.25, 0.3) is 0 Å². The third-order valence-electron chi connectivity index (χ3n) is 2.66. The van der Waals surface area contributed by atoms with E-state index in [1.165, 1.54) is 18.2 Å². The Hall–Kier alpha value is -1.53. The first-order chi connectivity index (χ1) is 9.51. The third-order valence-corrected chi connectivity index (χ3v) is 3.27. The molecule has 0 bridgehead atoms. The van der Waals surface area contributed by atoms with Gasteiger partial charge in [0, 0.05) is 6.54 Å². The van der Waals surface area contributed by atoms with Gasteiger partial charge in [0.1, 0.15) is 12.4 Å². The Labute approximate surface area is 122 Å². The molecule has 0 aliphatic rings. The van der Waals surface area contributed by atoms with Crippen LogP contribution in [0.1, 0.15) is 11.1 Å². The number of hydrogen-bond donors (Lipinski definition) is 1. The first-order valence-electron chi connectivity index (χ1n) is 5.76. The summed E-state index contributed by atoms with van der Waals surface area (Å²) in [5, 5.41) is 0. The standard InChI is InChI=1S/C14H11BrF3NO/c15-10-3-8(1-2-11(10)16)7-20-14-12(17)4-9(6-19)5-13(14)18/h1-5H,6-7,19H2. The summed E-state index contributed by atoms with van der Waals surface area (Å²) in [5.41, 5.74) is 6.25. The zero-order valence-corrected chi connectivity index (χ0v) is 11.9. The van der Waals surface area contributed by atoms with Crippen molar-refractivity contribution in [2.45, 2.75) is 13.2 Å². The van der Waals surface area contributed by atoms with Crippen molar-refractivity contribution in [3.8, 4) is 5.75 Å². The van der Waals surface area contributed by atoms with E-state index in [2.05, 4.69) is 15.9 Å². The van der Waals surface area contributed by atoms with Crippen molar-refractivity contribution in [3.05, 3.63) is 63.4 Å². The van der Waals surface area contributed by atoms with E-state index in [0.717, 1.165) is 12.1 Å². The summed E-state index contributed by atoms with van der Waals surface area (Å²) in [6, 6.07) is 6.45. The molecule has 6 heteroatoms. The van der Waals surface area contributed by atoms with Crippen LogP contribution in [0.3, 0.4) is 0 Å². The van der Waals surface area contributed by atoms with Crippen LogP contribution in [-0.4, -0.2) is 0 Å². The summed E-state index contributed by atoms with van der Waals surface area (Å²) in [5.74, 6) is -2.51. The molecule has 0 amide bonds. The van der Waals surface area contributed by atoms with Crippen LogP contribution in [0, 0.1) is 17.5 Å². The third kappa shape index (κ3) is 3.32. The smallest absolute Gasteiger partial charge is 0.191 e. The van der Waals surface area contributed by atoms with Gasteiger partial charge in [-0.3, -0.25) is 0 Å². The van der Waals surface area contributed by atoms with E-state index in [-0.39, 0.29) is 17.6 Å². The van der Waals surface area contributed by atoms with Crippen molar-refractivity contribution in [2.24, 2.45) is 5.73 Å². The lowest BCUT2D eigenvalue weighted by atomic mass is 10.2. The molecule has 0 aromatic heterocycles. The van der Waals surface area contributed by atoms with Crippen LogP contribution in [0.5, 0.6) is 5.75 Å². The number of ether oxygens (including phenoxy) is 1. The Morgan fingerprint density at radius 2 is 1.60 bits per heavy atom. The highest BCUT2D eigenvalue weighted by molar-refractivity contribution is 9.10. The zero-order valence-electron chi connectivity index (χ0n) is 10.3. The molecule has 2 N–H and O–H groups in total. The molecule has 20 heavy (non-hydrogen) atoms. The normalized spacial score (nSPS) is 10.7. The van der Waals surface area contributed by atoms with Crippen molar-refractivity contribution in [1.29, 1.82) is 0 Å². The fourth-order valence-corrected chi connectivity index (χ4v) is 2.08. The second kappa shape index (κ2) is 6.28. The Balaban J connectivity index is 2.16. The second-order valence-electron chi connectivity index (χ2n) is 4.13. The number of hydrogen-bond acceptors (Lipinski definition) is 2. The van der Waals surface area contributed by atoms with E-state index < -0.39 is 23.2 Å². The Bertz CT molecular complexity index is 611. The van der Waals surface area contributed by atoms with Gasteiger partial charge in [-0.2, -0.15) is 0 Å². The molecule has 0 saturated carbocycles. The van der Waals surface area contributed by atoms with Crippen LogP contribution >= 0.6 is 15.9 Å². The average Bonchev–Trinajstić information content (AvgIpc) is 2.41. The van der Waals surface area contributed by atoms with E-state index in [9.17, 15) is 13.2 Å². The highest BCUT2D eigenvalue weighted by Crippen LogP contribution is 2.25. The Kier molecular flexibility index (Phi) is 4.67. The molecule has 2 aromatic carbocycles. The maximum Gasteiger partial charge on any atom is 0.191 e. The number of halogens is 4. The Morgan fingerprint density at radius 3 is 2.15 bits per heavy atom. The fourth-order valence-electron chi connectivity index (χ4n) is 1.65. The maximum absolute atomic E-state index is 13.7. The van der Waals surface area contributed by atoms with Gasteiger partial charge in [0.25, 0.3) is 0 Å². The SMILES string of the molecule is NCc1cc(F)c(OCc2ccc(F)c(Br)c2)c(F)c1. The average molecular weight is 346 g/mol. The molecule has 2 aromatic rings. The van der Waals surface area contributed by atoms with Crippen LogP contribution < -0.4 is 10.5 Å². The van der Waals surface area contributed by atoms with Crippen molar-refractivity contribution in [1.82, 2.24) is 0 Å². The van der Waals surface area contributed by atoms with Crippen molar-refractivity contribution in [2.75, 3.05) is 0 Å². The first-order valence-corrected chi connectivity index (χ1v) is 6.55. The van der Waals surface area contributed by atoms with E-state index >= 15 is 0 Å². The highest BCUT2D eigenvalue weighted by Gasteiger charge is 2.12. The zero-order chi connectivity index (χ0) is 14.7. The monoisotopic (exact) mass is 345 g/mol. The number of benzene rings is 2. The molecule has 0 fully saturated rings. The lowest BCUT2D eigenvalue weighted by molar-refractivity contribution is 0.273. The molecule has 2 rings (SSSR count). The molecule has 106 valence electrons. The van der Waals surface area contributed by atoms with Gasteiger partial charge in [-0.15, -0.1) is 0 Å². The maximum atomic E-state index is 13.7. The molecule has 2 nitrogen and oxygen atoms in total. The fraction of sp³-hybridized carbons (Fsp3) is 0.143. The summed E-state index contributed by atoms with van der Waals surface area (Å²) < 4.78 is 45.7.